The quantitative estimate of drug-likeness (QED) is 0.548. The summed E-state index contributed by atoms with van der Waals surface area (Å²) >= 11 is 0. The first-order chi connectivity index (χ1) is 10.3. The van der Waals surface area contributed by atoms with Crippen molar-refractivity contribution in [3.63, 3.8) is 0 Å². The summed E-state index contributed by atoms with van der Waals surface area (Å²) in [6, 6.07) is 9.88. The Kier molecular flexibility index (Phi) is 6.99. The fraction of sp³-hybridized carbons (Fsp3) is 0.400. The van der Waals surface area contributed by atoms with E-state index in [-0.39, 0.29) is 5.91 Å². The smallest absolute Gasteiger partial charge is 0.220 e. The van der Waals surface area contributed by atoms with Gasteiger partial charge in [0.15, 0.2) is 0 Å². The zero-order valence-electron chi connectivity index (χ0n) is 11.8. The number of para-hydroxylation sites is 1. The maximum Gasteiger partial charge on any atom is 0.220 e. The highest BCUT2D eigenvalue weighted by Crippen LogP contribution is 2.20. The van der Waals surface area contributed by atoms with Crippen LogP contribution in [0.2, 0.25) is 0 Å². The molecule has 6 heteroatoms. The fourth-order valence-electron chi connectivity index (χ4n) is 1.88. The highest BCUT2D eigenvalue weighted by Gasteiger charge is 2.06. The largest absolute Gasteiger partial charge is 0.461 e. The minimum atomic E-state index is 0.0693. The van der Waals surface area contributed by atoms with Gasteiger partial charge in [0.2, 0.25) is 5.91 Å². The number of nitrogens with two attached hydrogens (primary N) is 1. The fourth-order valence-corrected chi connectivity index (χ4v) is 3.65. The van der Waals surface area contributed by atoms with Crippen LogP contribution in [0, 0.1) is 0 Å². The van der Waals surface area contributed by atoms with Crippen LogP contribution in [-0.2, 0) is 11.2 Å². The van der Waals surface area contributed by atoms with Crippen LogP contribution in [-0.4, -0.2) is 30.5 Å². The normalized spacial score (nSPS) is 10.9. The van der Waals surface area contributed by atoms with Crippen molar-refractivity contribution in [2.45, 2.75) is 12.8 Å². The van der Waals surface area contributed by atoms with Gasteiger partial charge in [0.1, 0.15) is 11.3 Å². The molecule has 0 aliphatic heterocycles. The molecule has 0 saturated heterocycles. The Morgan fingerprint density at radius 3 is 2.86 bits per heavy atom. The van der Waals surface area contributed by atoms with Crippen molar-refractivity contribution in [1.82, 2.24) is 5.32 Å². The maximum absolute atomic E-state index is 11.7. The van der Waals surface area contributed by atoms with Crippen LogP contribution in [0.1, 0.15) is 12.2 Å². The van der Waals surface area contributed by atoms with Crippen LogP contribution in [0.15, 0.2) is 34.7 Å². The first-order valence-electron chi connectivity index (χ1n) is 6.98. The summed E-state index contributed by atoms with van der Waals surface area (Å²) in [6.45, 7) is 1.39. The van der Waals surface area contributed by atoms with E-state index in [1.165, 1.54) is 0 Å². The van der Waals surface area contributed by atoms with Gasteiger partial charge in [-0.15, -0.1) is 0 Å². The molecule has 1 aromatic carbocycles. The molecule has 0 aliphatic carbocycles. The molecule has 21 heavy (non-hydrogen) atoms. The van der Waals surface area contributed by atoms with E-state index in [1.807, 2.05) is 30.3 Å². The lowest BCUT2D eigenvalue weighted by molar-refractivity contribution is -0.121. The number of hydrogen-bond acceptors (Lipinski definition) is 5. The second kappa shape index (κ2) is 9.02. The molecule has 0 unspecified atom stereocenters. The Labute approximate surface area is 132 Å². The van der Waals surface area contributed by atoms with Gasteiger partial charge in [-0.25, -0.2) is 0 Å². The monoisotopic (exact) mass is 324 g/mol. The Hall–Kier alpha value is -1.11. The molecule has 0 spiro atoms. The highest BCUT2D eigenvalue weighted by atomic mass is 33.1. The second-order valence-electron chi connectivity index (χ2n) is 4.53. The van der Waals surface area contributed by atoms with E-state index >= 15 is 0 Å². The van der Waals surface area contributed by atoms with Crippen molar-refractivity contribution in [3.05, 3.63) is 36.1 Å². The van der Waals surface area contributed by atoms with E-state index in [0.29, 0.717) is 25.9 Å². The zero-order valence-corrected chi connectivity index (χ0v) is 13.5. The van der Waals surface area contributed by atoms with E-state index in [9.17, 15) is 4.79 Å². The number of hydrogen-bond donors (Lipinski definition) is 2. The van der Waals surface area contributed by atoms with Crippen molar-refractivity contribution < 1.29 is 9.21 Å². The van der Waals surface area contributed by atoms with Crippen molar-refractivity contribution in [1.29, 1.82) is 0 Å². The standard InChI is InChI=1S/C15H20N2O2S2/c16-7-9-20-21-10-8-17-15(18)6-5-13-11-12-3-1-2-4-14(12)19-13/h1-4,11H,5-10,16H2,(H,17,18). The first-order valence-corrected chi connectivity index (χ1v) is 9.47. The molecule has 0 bridgehead atoms. The number of furan rings is 1. The summed E-state index contributed by atoms with van der Waals surface area (Å²) < 4.78 is 5.69. The molecule has 0 aliphatic rings. The third kappa shape index (κ3) is 5.65. The number of rotatable bonds is 9. The molecule has 1 heterocycles. The molecule has 114 valence electrons. The predicted molar refractivity (Wildman–Crippen MR) is 91.5 cm³/mol. The molecule has 3 N–H and O–H groups in total. The molecule has 0 fully saturated rings. The molecule has 2 rings (SSSR count). The Bertz CT molecular complexity index is 539. The van der Waals surface area contributed by atoms with Gasteiger partial charge in [-0.3, -0.25) is 4.79 Å². The molecule has 2 aromatic rings. The Balaban J connectivity index is 1.64. The van der Waals surface area contributed by atoms with E-state index < -0.39 is 0 Å². The number of carbonyl (C=O) groups is 1. The lowest BCUT2D eigenvalue weighted by Crippen LogP contribution is -2.25. The van der Waals surface area contributed by atoms with E-state index in [4.69, 9.17) is 10.2 Å². The summed E-state index contributed by atoms with van der Waals surface area (Å²) in [6.07, 6.45) is 1.09. The first kappa shape index (κ1) is 16.3. The van der Waals surface area contributed by atoms with Gasteiger partial charge in [-0.1, -0.05) is 39.8 Å². The van der Waals surface area contributed by atoms with Crippen molar-refractivity contribution in [2.75, 3.05) is 24.6 Å². The van der Waals surface area contributed by atoms with E-state index in [0.717, 1.165) is 28.2 Å². The minimum absolute atomic E-state index is 0.0693. The predicted octanol–water partition coefficient (Wildman–Crippen LogP) is 2.82. The minimum Gasteiger partial charge on any atom is -0.461 e. The lowest BCUT2D eigenvalue weighted by atomic mass is 10.2. The summed E-state index contributed by atoms with van der Waals surface area (Å²) in [7, 11) is 3.48. The van der Waals surface area contributed by atoms with E-state index in [2.05, 4.69) is 5.32 Å². The summed E-state index contributed by atoms with van der Waals surface area (Å²) in [5, 5.41) is 4.00. The van der Waals surface area contributed by atoms with Gasteiger partial charge in [-0.05, 0) is 12.1 Å². The van der Waals surface area contributed by atoms with Gasteiger partial charge < -0.3 is 15.5 Å². The molecular formula is C15H20N2O2S2. The van der Waals surface area contributed by atoms with Gasteiger partial charge >= 0.3 is 0 Å². The topological polar surface area (TPSA) is 68.3 Å². The number of carbonyl (C=O) groups excluding carboxylic acids is 1. The number of amides is 1. The van der Waals surface area contributed by atoms with Gasteiger partial charge in [-0.2, -0.15) is 0 Å². The van der Waals surface area contributed by atoms with Crippen molar-refractivity contribution in [2.24, 2.45) is 5.73 Å². The molecular weight excluding hydrogens is 304 g/mol. The molecule has 0 atom stereocenters. The Morgan fingerprint density at radius 1 is 1.24 bits per heavy atom. The maximum atomic E-state index is 11.7. The molecule has 1 aromatic heterocycles. The molecule has 4 nitrogen and oxygen atoms in total. The number of benzene rings is 1. The van der Waals surface area contributed by atoms with Crippen molar-refractivity contribution >= 4 is 38.5 Å². The van der Waals surface area contributed by atoms with E-state index in [1.54, 1.807) is 21.6 Å². The molecule has 0 radical (unpaired) electrons. The average Bonchev–Trinajstić information content (AvgIpc) is 2.91. The Morgan fingerprint density at radius 2 is 2.05 bits per heavy atom. The van der Waals surface area contributed by atoms with Gasteiger partial charge in [0.25, 0.3) is 0 Å². The number of aryl methyl sites for hydroxylation is 1. The van der Waals surface area contributed by atoms with Crippen LogP contribution in [0.25, 0.3) is 11.0 Å². The van der Waals surface area contributed by atoms with Gasteiger partial charge in [0, 0.05) is 42.8 Å². The summed E-state index contributed by atoms with van der Waals surface area (Å²) in [4.78, 5) is 11.7. The van der Waals surface area contributed by atoms with Crippen LogP contribution in [0.3, 0.4) is 0 Å². The van der Waals surface area contributed by atoms with Crippen LogP contribution in [0.5, 0.6) is 0 Å². The molecule has 1 amide bonds. The third-order valence-electron chi connectivity index (χ3n) is 2.87. The summed E-state index contributed by atoms with van der Waals surface area (Å²) in [5.74, 6) is 2.78. The van der Waals surface area contributed by atoms with Gasteiger partial charge in [0.05, 0.1) is 0 Å². The van der Waals surface area contributed by atoms with Crippen LogP contribution >= 0.6 is 21.6 Å². The van der Waals surface area contributed by atoms with Crippen LogP contribution in [0.4, 0.5) is 0 Å². The average molecular weight is 324 g/mol. The number of nitrogens with one attached hydrogen (secondary N) is 1. The van der Waals surface area contributed by atoms with Crippen LogP contribution < -0.4 is 11.1 Å². The highest BCUT2D eigenvalue weighted by molar-refractivity contribution is 8.76. The van der Waals surface area contributed by atoms with Crippen molar-refractivity contribution in [3.8, 4) is 0 Å². The lowest BCUT2D eigenvalue weighted by Gasteiger charge is -2.03. The SMILES string of the molecule is NCCSSCCNC(=O)CCc1cc2ccccc2o1. The second-order valence-corrected chi connectivity index (χ2v) is 7.24. The third-order valence-corrected chi connectivity index (χ3v) is 5.31. The number of fused-ring (bicyclic) bond motifs is 1. The summed E-state index contributed by atoms with van der Waals surface area (Å²) in [5.41, 5.74) is 6.28. The zero-order chi connectivity index (χ0) is 14.9. The molecule has 0 saturated carbocycles.